The van der Waals surface area contributed by atoms with E-state index in [-0.39, 0.29) is 17.1 Å². The number of methoxy groups -OCH3 is 1. The average Bonchev–Trinajstić information content (AvgIpc) is 2.60. The van der Waals surface area contributed by atoms with E-state index in [1.807, 2.05) is 4.90 Å². The quantitative estimate of drug-likeness (QED) is 0.621. The van der Waals surface area contributed by atoms with E-state index in [2.05, 4.69) is 41.0 Å². The number of rotatable bonds is 4. The minimum absolute atomic E-state index is 0.0539. The van der Waals surface area contributed by atoms with Gasteiger partial charge in [0.2, 0.25) is 0 Å². The molecule has 26 heavy (non-hydrogen) atoms. The molecule has 8 heteroatoms. The maximum absolute atomic E-state index is 12.2. The molecule has 0 saturated carbocycles. The maximum atomic E-state index is 12.2. The van der Waals surface area contributed by atoms with Crippen LogP contribution in [-0.4, -0.2) is 73.4 Å². The Morgan fingerprint density at radius 2 is 2.00 bits per heavy atom. The Bertz CT molecular complexity index is 671. The van der Waals surface area contributed by atoms with Gasteiger partial charge in [0.25, 0.3) is 5.56 Å². The monoisotopic (exact) mass is 364 g/mol. The number of guanidine groups is 1. The molecule has 0 aromatic carbocycles. The van der Waals surface area contributed by atoms with Crippen LogP contribution in [-0.2, 0) is 11.8 Å². The molecule has 2 heterocycles. The molecule has 1 aliphatic rings. The van der Waals surface area contributed by atoms with Crippen molar-refractivity contribution in [2.45, 2.75) is 26.9 Å². The molecular formula is C18H32N6O2. The zero-order valence-electron chi connectivity index (χ0n) is 16.8. The minimum atomic E-state index is -0.0587. The standard InChI is InChI=1S/C18H32N6O2/c1-18(2,3)14(26-6)13-21-17(19-4)24-11-9-23(10-12-24)15-16(25)22(5)8-7-20-15/h7-8,14H,9-13H2,1-6H3,(H,19,21). The van der Waals surface area contributed by atoms with Gasteiger partial charge in [0.15, 0.2) is 11.8 Å². The number of hydrogen-bond acceptors (Lipinski definition) is 5. The first kappa shape index (κ1) is 20.2. The van der Waals surface area contributed by atoms with Crippen LogP contribution in [0.5, 0.6) is 0 Å². The lowest BCUT2D eigenvalue weighted by molar-refractivity contribution is 0.0201. The van der Waals surface area contributed by atoms with E-state index in [1.54, 1.807) is 38.2 Å². The molecule has 1 atom stereocenters. The smallest absolute Gasteiger partial charge is 0.293 e. The summed E-state index contributed by atoms with van der Waals surface area (Å²) in [4.78, 5) is 25.2. The predicted molar refractivity (Wildman–Crippen MR) is 105 cm³/mol. The van der Waals surface area contributed by atoms with Gasteiger partial charge in [-0.05, 0) is 5.41 Å². The Hall–Kier alpha value is -2.09. The second kappa shape index (κ2) is 8.53. The Labute approximate surface area is 155 Å². The van der Waals surface area contributed by atoms with E-state index in [4.69, 9.17) is 4.74 Å². The van der Waals surface area contributed by atoms with Crippen LogP contribution in [0.25, 0.3) is 0 Å². The van der Waals surface area contributed by atoms with Crippen LogP contribution >= 0.6 is 0 Å². The molecule has 8 nitrogen and oxygen atoms in total. The third-order valence-corrected chi connectivity index (χ3v) is 4.79. The van der Waals surface area contributed by atoms with Crippen LogP contribution in [0.4, 0.5) is 5.82 Å². The number of nitrogens with one attached hydrogen (secondary N) is 1. The van der Waals surface area contributed by atoms with Gasteiger partial charge in [-0.3, -0.25) is 9.79 Å². The van der Waals surface area contributed by atoms with Crippen molar-refractivity contribution in [2.75, 3.05) is 51.8 Å². The number of anilines is 1. The Balaban J connectivity index is 1.95. The first-order valence-corrected chi connectivity index (χ1v) is 9.03. The molecule has 1 aromatic rings. The topological polar surface area (TPSA) is 75.0 Å². The number of aryl methyl sites for hydroxylation is 1. The number of aromatic nitrogens is 2. The van der Waals surface area contributed by atoms with Gasteiger partial charge in [0.05, 0.1) is 6.10 Å². The third kappa shape index (κ3) is 4.75. The van der Waals surface area contributed by atoms with Crippen LogP contribution in [0.3, 0.4) is 0 Å². The van der Waals surface area contributed by atoms with Gasteiger partial charge in [-0.1, -0.05) is 20.8 Å². The molecule has 0 amide bonds. The molecule has 1 saturated heterocycles. The number of ether oxygens (including phenoxy) is 1. The molecule has 0 bridgehead atoms. The number of hydrogen-bond donors (Lipinski definition) is 1. The molecule has 1 fully saturated rings. The fourth-order valence-electron chi connectivity index (χ4n) is 3.09. The van der Waals surface area contributed by atoms with E-state index in [9.17, 15) is 4.79 Å². The van der Waals surface area contributed by atoms with E-state index >= 15 is 0 Å². The maximum Gasteiger partial charge on any atom is 0.293 e. The molecule has 0 aliphatic carbocycles. The van der Waals surface area contributed by atoms with Crippen LogP contribution in [0, 0.1) is 5.41 Å². The fraction of sp³-hybridized carbons (Fsp3) is 0.722. The fourth-order valence-corrected chi connectivity index (χ4v) is 3.09. The first-order valence-electron chi connectivity index (χ1n) is 9.03. The van der Waals surface area contributed by atoms with Crippen LogP contribution in [0.15, 0.2) is 22.2 Å². The molecule has 0 spiro atoms. The molecule has 1 N–H and O–H groups in total. The highest BCUT2D eigenvalue weighted by Crippen LogP contribution is 2.21. The molecule has 2 rings (SSSR count). The Morgan fingerprint density at radius 3 is 2.54 bits per heavy atom. The highest BCUT2D eigenvalue weighted by atomic mass is 16.5. The molecule has 1 aromatic heterocycles. The predicted octanol–water partition coefficient (Wildman–Crippen LogP) is 0.539. The van der Waals surface area contributed by atoms with Crippen molar-refractivity contribution in [1.82, 2.24) is 19.8 Å². The van der Waals surface area contributed by atoms with Crippen molar-refractivity contribution < 1.29 is 4.74 Å². The van der Waals surface area contributed by atoms with Gasteiger partial charge in [-0.15, -0.1) is 0 Å². The van der Waals surface area contributed by atoms with Gasteiger partial charge < -0.3 is 24.4 Å². The lowest BCUT2D eigenvalue weighted by atomic mass is 9.89. The number of aliphatic imine (C=N–C) groups is 1. The van der Waals surface area contributed by atoms with Gasteiger partial charge >= 0.3 is 0 Å². The van der Waals surface area contributed by atoms with Gasteiger partial charge in [0, 0.05) is 66.3 Å². The zero-order chi connectivity index (χ0) is 19.3. The van der Waals surface area contributed by atoms with Gasteiger partial charge in [-0.2, -0.15) is 0 Å². The summed E-state index contributed by atoms with van der Waals surface area (Å²) in [5.74, 6) is 1.38. The molecular weight excluding hydrogens is 332 g/mol. The molecule has 1 aliphatic heterocycles. The van der Waals surface area contributed by atoms with Crippen LogP contribution in [0.2, 0.25) is 0 Å². The molecule has 0 radical (unpaired) electrons. The summed E-state index contributed by atoms with van der Waals surface area (Å²) >= 11 is 0. The lowest BCUT2D eigenvalue weighted by Crippen LogP contribution is -2.55. The molecule has 1 unspecified atom stereocenters. The summed E-state index contributed by atoms with van der Waals surface area (Å²) in [5, 5.41) is 3.42. The van der Waals surface area contributed by atoms with Crippen LogP contribution < -0.4 is 15.8 Å². The largest absolute Gasteiger partial charge is 0.379 e. The van der Waals surface area contributed by atoms with E-state index in [0.717, 1.165) is 32.1 Å². The zero-order valence-corrected chi connectivity index (χ0v) is 16.8. The summed E-state index contributed by atoms with van der Waals surface area (Å²) in [5.41, 5.74) is -0.00483. The highest BCUT2D eigenvalue weighted by Gasteiger charge is 2.26. The summed E-state index contributed by atoms with van der Waals surface area (Å²) in [6, 6.07) is 0. The lowest BCUT2D eigenvalue weighted by Gasteiger charge is -2.37. The molecule has 146 valence electrons. The van der Waals surface area contributed by atoms with Gasteiger partial charge in [-0.25, -0.2) is 4.98 Å². The summed E-state index contributed by atoms with van der Waals surface area (Å²) in [6.45, 7) is 10.2. The van der Waals surface area contributed by atoms with E-state index in [0.29, 0.717) is 12.4 Å². The Morgan fingerprint density at radius 1 is 1.35 bits per heavy atom. The van der Waals surface area contributed by atoms with Crippen molar-refractivity contribution in [3.8, 4) is 0 Å². The van der Waals surface area contributed by atoms with Crippen molar-refractivity contribution in [1.29, 1.82) is 0 Å². The first-order chi connectivity index (χ1) is 12.3. The minimum Gasteiger partial charge on any atom is -0.379 e. The summed E-state index contributed by atoms with van der Waals surface area (Å²) in [6.07, 6.45) is 3.44. The highest BCUT2D eigenvalue weighted by molar-refractivity contribution is 5.80. The second-order valence-corrected chi connectivity index (χ2v) is 7.66. The second-order valence-electron chi connectivity index (χ2n) is 7.66. The van der Waals surface area contributed by atoms with Crippen molar-refractivity contribution in [3.63, 3.8) is 0 Å². The number of nitrogens with zero attached hydrogens (tertiary/aromatic N) is 5. The van der Waals surface area contributed by atoms with Gasteiger partial charge in [0.1, 0.15) is 0 Å². The van der Waals surface area contributed by atoms with Crippen molar-refractivity contribution in [3.05, 3.63) is 22.7 Å². The average molecular weight is 364 g/mol. The SMILES string of the molecule is CN=C(NCC(OC)C(C)(C)C)N1CCN(c2nccn(C)c2=O)CC1. The van der Waals surface area contributed by atoms with Crippen LogP contribution in [0.1, 0.15) is 20.8 Å². The summed E-state index contributed by atoms with van der Waals surface area (Å²) in [7, 11) is 5.28. The van der Waals surface area contributed by atoms with Crippen molar-refractivity contribution >= 4 is 11.8 Å². The third-order valence-electron chi connectivity index (χ3n) is 4.79. The van der Waals surface area contributed by atoms with E-state index < -0.39 is 0 Å². The Kier molecular flexibility index (Phi) is 6.63. The summed E-state index contributed by atoms with van der Waals surface area (Å²) < 4.78 is 7.17. The normalized spacial score (nSPS) is 17.4. The van der Waals surface area contributed by atoms with E-state index in [1.165, 1.54) is 0 Å². The van der Waals surface area contributed by atoms with Crippen molar-refractivity contribution in [2.24, 2.45) is 17.5 Å². The number of piperazine rings is 1.